The molecule has 0 aromatic heterocycles. The van der Waals surface area contributed by atoms with E-state index in [1.54, 1.807) is 29.6 Å². The predicted octanol–water partition coefficient (Wildman–Crippen LogP) is 6.72. The summed E-state index contributed by atoms with van der Waals surface area (Å²) in [5.41, 5.74) is 0.854. The Morgan fingerprint density at radius 2 is 1.28 bits per heavy atom. The van der Waals surface area contributed by atoms with Gasteiger partial charge in [0.1, 0.15) is 5.75 Å². The van der Waals surface area contributed by atoms with Gasteiger partial charge < -0.3 is 4.74 Å². The van der Waals surface area contributed by atoms with Crippen LogP contribution in [0.5, 0.6) is 5.75 Å². The second kappa shape index (κ2) is 14.8. The molecule has 1 aromatic rings. The number of nitrogens with zero attached hydrogens (tertiary/aromatic N) is 1. The van der Waals surface area contributed by atoms with Crippen LogP contribution in [-0.4, -0.2) is 32.9 Å². The Balaban J connectivity index is 2.74. The third-order valence-electron chi connectivity index (χ3n) is 5.53. The summed E-state index contributed by atoms with van der Waals surface area (Å²) in [4.78, 5) is 0.382. The van der Waals surface area contributed by atoms with Crippen molar-refractivity contribution in [2.75, 3.05) is 20.2 Å². The minimum Gasteiger partial charge on any atom is -0.496 e. The van der Waals surface area contributed by atoms with Crippen molar-refractivity contribution in [2.45, 2.75) is 103 Å². The molecule has 0 spiro atoms. The Labute approximate surface area is 180 Å². The maximum absolute atomic E-state index is 13.3. The van der Waals surface area contributed by atoms with E-state index >= 15 is 0 Å². The van der Waals surface area contributed by atoms with Crippen LogP contribution < -0.4 is 4.74 Å². The minimum absolute atomic E-state index is 0.382. The molecule has 1 aromatic carbocycles. The van der Waals surface area contributed by atoms with Crippen molar-refractivity contribution < 1.29 is 13.2 Å². The SMILES string of the molecule is CCCCCCCCN(CCCCCCCC)S(=O)(=O)c1ccc(OC)c(C)c1. The number of rotatable bonds is 17. The van der Waals surface area contributed by atoms with Crippen LogP contribution >= 0.6 is 0 Å². The first-order valence-electron chi connectivity index (χ1n) is 11.6. The summed E-state index contributed by atoms with van der Waals surface area (Å²) in [5.74, 6) is 0.724. The molecule has 4 nitrogen and oxygen atoms in total. The topological polar surface area (TPSA) is 46.6 Å². The van der Waals surface area contributed by atoms with Gasteiger partial charge in [-0.3, -0.25) is 0 Å². The maximum Gasteiger partial charge on any atom is 0.243 e. The van der Waals surface area contributed by atoms with Crippen molar-refractivity contribution in [2.24, 2.45) is 0 Å². The standard InChI is InChI=1S/C24H43NO3S/c1-5-7-9-11-13-15-19-25(20-16-14-12-10-8-6-2)29(26,27)23-17-18-24(28-4)22(3)21-23/h17-18,21H,5-16,19-20H2,1-4H3. The van der Waals surface area contributed by atoms with Crippen molar-refractivity contribution >= 4 is 10.0 Å². The molecule has 0 aliphatic rings. The third-order valence-corrected chi connectivity index (χ3v) is 7.42. The Bertz CT molecular complexity index is 642. The molecule has 0 bridgehead atoms. The maximum atomic E-state index is 13.3. The van der Waals surface area contributed by atoms with Gasteiger partial charge in [-0.15, -0.1) is 0 Å². The van der Waals surface area contributed by atoms with Gasteiger partial charge in [0.25, 0.3) is 0 Å². The Morgan fingerprint density at radius 1 is 0.793 bits per heavy atom. The first-order valence-corrected chi connectivity index (χ1v) is 13.1. The van der Waals surface area contributed by atoms with E-state index in [1.807, 2.05) is 6.92 Å². The zero-order chi connectivity index (χ0) is 21.5. The van der Waals surface area contributed by atoms with Crippen LogP contribution in [0.1, 0.15) is 96.5 Å². The molecule has 0 aliphatic heterocycles. The molecule has 0 unspecified atom stereocenters. The molecule has 0 heterocycles. The molecule has 0 amide bonds. The van der Waals surface area contributed by atoms with Crippen LogP contribution in [0.4, 0.5) is 0 Å². The van der Waals surface area contributed by atoms with Gasteiger partial charge in [0.05, 0.1) is 12.0 Å². The monoisotopic (exact) mass is 425 g/mol. The van der Waals surface area contributed by atoms with Crippen LogP contribution in [-0.2, 0) is 10.0 Å². The zero-order valence-electron chi connectivity index (χ0n) is 19.2. The van der Waals surface area contributed by atoms with Crippen molar-refractivity contribution in [1.82, 2.24) is 4.31 Å². The van der Waals surface area contributed by atoms with Gasteiger partial charge >= 0.3 is 0 Å². The van der Waals surface area contributed by atoms with Crippen molar-refractivity contribution in [1.29, 1.82) is 0 Å². The Morgan fingerprint density at radius 3 is 1.72 bits per heavy atom. The molecule has 0 saturated carbocycles. The lowest BCUT2D eigenvalue weighted by molar-refractivity contribution is 0.383. The number of hydrogen-bond acceptors (Lipinski definition) is 3. The van der Waals surface area contributed by atoms with E-state index in [0.717, 1.165) is 37.0 Å². The highest BCUT2D eigenvalue weighted by Crippen LogP contribution is 2.24. The molecule has 1 rings (SSSR count). The lowest BCUT2D eigenvalue weighted by Gasteiger charge is -2.23. The van der Waals surface area contributed by atoms with Gasteiger partial charge in [0.15, 0.2) is 0 Å². The van der Waals surface area contributed by atoms with Crippen molar-refractivity contribution in [3.05, 3.63) is 23.8 Å². The molecule has 29 heavy (non-hydrogen) atoms. The molecule has 0 atom stereocenters. The molecule has 0 saturated heterocycles. The summed E-state index contributed by atoms with van der Waals surface area (Å²) < 4.78 is 33.6. The van der Waals surface area contributed by atoms with Crippen molar-refractivity contribution in [3.8, 4) is 5.75 Å². The number of hydrogen-bond donors (Lipinski definition) is 0. The van der Waals surface area contributed by atoms with Crippen LogP contribution in [0.3, 0.4) is 0 Å². The normalized spacial score (nSPS) is 11.9. The molecule has 0 aliphatic carbocycles. The number of sulfonamides is 1. The van der Waals surface area contributed by atoms with Gasteiger partial charge in [0, 0.05) is 13.1 Å². The van der Waals surface area contributed by atoms with E-state index in [2.05, 4.69) is 13.8 Å². The number of ether oxygens (including phenoxy) is 1. The number of unbranched alkanes of at least 4 members (excludes halogenated alkanes) is 10. The minimum atomic E-state index is -3.47. The van der Waals surface area contributed by atoms with E-state index in [-0.39, 0.29) is 0 Å². The highest BCUT2D eigenvalue weighted by molar-refractivity contribution is 7.89. The van der Waals surface area contributed by atoms with E-state index < -0.39 is 10.0 Å². The molecule has 168 valence electrons. The molecule has 0 radical (unpaired) electrons. The largest absolute Gasteiger partial charge is 0.496 e. The first-order chi connectivity index (χ1) is 14.0. The van der Waals surface area contributed by atoms with Gasteiger partial charge in [-0.25, -0.2) is 8.42 Å². The lowest BCUT2D eigenvalue weighted by atomic mass is 10.1. The first kappa shape index (κ1) is 26.0. The quantitative estimate of drug-likeness (QED) is 0.260. The fourth-order valence-electron chi connectivity index (χ4n) is 3.65. The Hall–Kier alpha value is -1.07. The summed E-state index contributed by atoms with van der Waals surface area (Å²) in [6.45, 7) is 7.56. The van der Waals surface area contributed by atoms with Crippen LogP contribution in [0, 0.1) is 6.92 Å². The second-order valence-corrected chi connectivity index (χ2v) is 10.0. The zero-order valence-corrected chi connectivity index (χ0v) is 20.0. The molecular formula is C24H43NO3S. The van der Waals surface area contributed by atoms with Gasteiger partial charge in [-0.2, -0.15) is 4.31 Å². The molecule has 5 heteroatoms. The number of methoxy groups -OCH3 is 1. The summed E-state index contributed by atoms with van der Waals surface area (Å²) in [5, 5.41) is 0. The number of aryl methyl sites for hydroxylation is 1. The summed E-state index contributed by atoms with van der Waals surface area (Å²) >= 11 is 0. The molecule has 0 N–H and O–H groups in total. The average molecular weight is 426 g/mol. The Kier molecular flexibility index (Phi) is 13.3. The fourth-order valence-corrected chi connectivity index (χ4v) is 5.25. The van der Waals surface area contributed by atoms with Gasteiger partial charge in [-0.1, -0.05) is 78.1 Å². The van der Waals surface area contributed by atoms with E-state index in [1.165, 1.54) is 51.4 Å². The predicted molar refractivity (Wildman–Crippen MR) is 123 cm³/mol. The third kappa shape index (κ3) is 9.52. The second-order valence-electron chi connectivity index (χ2n) is 8.07. The molecule has 0 fully saturated rings. The van der Waals surface area contributed by atoms with Crippen LogP contribution in [0.2, 0.25) is 0 Å². The van der Waals surface area contributed by atoms with Gasteiger partial charge in [0.2, 0.25) is 10.0 Å². The summed E-state index contributed by atoms with van der Waals surface area (Å²) in [6, 6.07) is 5.18. The van der Waals surface area contributed by atoms with Crippen LogP contribution in [0.25, 0.3) is 0 Å². The van der Waals surface area contributed by atoms with Gasteiger partial charge in [-0.05, 0) is 43.5 Å². The highest BCUT2D eigenvalue weighted by atomic mass is 32.2. The van der Waals surface area contributed by atoms with Crippen molar-refractivity contribution in [3.63, 3.8) is 0 Å². The van der Waals surface area contributed by atoms with Crippen LogP contribution in [0.15, 0.2) is 23.1 Å². The highest BCUT2D eigenvalue weighted by Gasteiger charge is 2.24. The smallest absolute Gasteiger partial charge is 0.243 e. The van der Waals surface area contributed by atoms with E-state index in [4.69, 9.17) is 4.74 Å². The number of benzene rings is 1. The summed E-state index contributed by atoms with van der Waals surface area (Å²) in [7, 11) is -1.85. The van der Waals surface area contributed by atoms with E-state index in [9.17, 15) is 8.42 Å². The fraction of sp³-hybridized carbons (Fsp3) is 0.750. The average Bonchev–Trinajstić information content (AvgIpc) is 2.71. The van der Waals surface area contributed by atoms with E-state index in [0.29, 0.717) is 18.0 Å². The lowest BCUT2D eigenvalue weighted by Crippen LogP contribution is -2.33. The summed E-state index contributed by atoms with van der Waals surface area (Å²) in [6.07, 6.45) is 14.0. The molecular weight excluding hydrogens is 382 g/mol.